The van der Waals surface area contributed by atoms with Crippen molar-refractivity contribution in [2.45, 2.75) is 32.4 Å². The Labute approximate surface area is 62.1 Å². The standard InChI is InChI=1S/C7H16N2O/c1-6-4-9(8)7(2,3)5-10-6/h6H,4-5,8H2,1-3H3. The second-order valence-electron chi connectivity index (χ2n) is 3.59. The SMILES string of the molecule is CC1CN(N)C(C)(C)CO1. The molecule has 0 aliphatic carbocycles. The second-order valence-corrected chi connectivity index (χ2v) is 3.59. The van der Waals surface area contributed by atoms with Gasteiger partial charge in [0, 0.05) is 6.54 Å². The first-order chi connectivity index (χ1) is 4.52. The van der Waals surface area contributed by atoms with Crippen molar-refractivity contribution in [1.82, 2.24) is 5.01 Å². The fourth-order valence-electron chi connectivity index (χ4n) is 1.01. The Morgan fingerprint density at radius 1 is 1.60 bits per heavy atom. The van der Waals surface area contributed by atoms with Crippen molar-refractivity contribution in [3.8, 4) is 0 Å². The van der Waals surface area contributed by atoms with Gasteiger partial charge in [-0.05, 0) is 20.8 Å². The second kappa shape index (κ2) is 2.49. The van der Waals surface area contributed by atoms with Crippen molar-refractivity contribution in [3.63, 3.8) is 0 Å². The zero-order valence-electron chi connectivity index (χ0n) is 6.92. The lowest BCUT2D eigenvalue weighted by molar-refractivity contribution is -0.0921. The summed E-state index contributed by atoms with van der Waals surface area (Å²) in [4.78, 5) is 0. The first kappa shape index (κ1) is 7.98. The van der Waals surface area contributed by atoms with Gasteiger partial charge in [-0.1, -0.05) is 0 Å². The van der Waals surface area contributed by atoms with Crippen LogP contribution in [0.3, 0.4) is 0 Å². The third kappa shape index (κ3) is 1.48. The van der Waals surface area contributed by atoms with Crippen LogP contribution in [0.2, 0.25) is 0 Å². The number of hydrogen-bond acceptors (Lipinski definition) is 3. The first-order valence-electron chi connectivity index (χ1n) is 3.66. The summed E-state index contributed by atoms with van der Waals surface area (Å²) >= 11 is 0. The molecule has 3 nitrogen and oxygen atoms in total. The average molecular weight is 144 g/mol. The highest BCUT2D eigenvalue weighted by Crippen LogP contribution is 2.17. The van der Waals surface area contributed by atoms with Crippen LogP contribution in [-0.2, 0) is 4.74 Å². The molecule has 0 aromatic heterocycles. The lowest BCUT2D eigenvalue weighted by atomic mass is 10.0. The van der Waals surface area contributed by atoms with Gasteiger partial charge in [0.1, 0.15) is 0 Å². The van der Waals surface area contributed by atoms with Crippen LogP contribution in [0, 0.1) is 0 Å². The van der Waals surface area contributed by atoms with E-state index in [0.717, 1.165) is 13.2 Å². The maximum atomic E-state index is 5.76. The summed E-state index contributed by atoms with van der Waals surface area (Å²) < 4.78 is 5.44. The van der Waals surface area contributed by atoms with Crippen LogP contribution in [0.5, 0.6) is 0 Å². The Balaban J connectivity index is 2.52. The Morgan fingerprint density at radius 3 is 2.60 bits per heavy atom. The zero-order chi connectivity index (χ0) is 7.78. The van der Waals surface area contributed by atoms with Crippen molar-refractivity contribution >= 4 is 0 Å². The maximum absolute atomic E-state index is 5.76. The predicted octanol–water partition coefficient (Wildman–Crippen LogP) is 0.359. The summed E-state index contributed by atoms with van der Waals surface area (Å²) in [5, 5.41) is 1.85. The quantitative estimate of drug-likeness (QED) is 0.499. The van der Waals surface area contributed by atoms with Crippen LogP contribution in [0.15, 0.2) is 0 Å². The van der Waals surface area contributed by atoms with E-state index in [1.54, 1.807) is 0 Å². The van der Waals surface area contributed by atoms with Crippen LogP contribution in [0.1, 0.15) is 20.8 Å². The molecule has 10 heavy (non-hydrogen) atoms. The summed E-state index contributed by atoms with van der Waals surface area (Å²) in [6.07, 6.45) is 0.276. The Bertz CT molecular complexity index is 125. The van der Waals surface area contributed by atoms with Crippen LogP contribution >= 0.6 is 0 Å². The fourth-order valence-corrected chi connectivity index (χ4v) is 1.01. The van der Waals surface area contributed by atoms with E-state index < -0.39 is 0 Å². The minimum Gasteiger partial charge on any atom is -0.375 e. The molecule has 0 aromatic rings. The molecule has 0 bridgehead atoms. The van der Waals surface area contributed by atoms with Gasteiger partial charge in [0.15, 0.2) is 0 Å². The molecule has 1 rings (SSSR count). The normalized spacial score (nSPS) is 34.2. The highest BCUT2D eigenvalue weighted by atomic mass is 16.5. The molecule has 0 radical (unpaired) electrons. The third-order valence-corrected chi connectivity index (χ3v) is 1.95. The van der Waals surface area contributed by atoms with Crippen LogP contribution < -0.4 is 5.84 Å². The van der Waals surface area contributed by atoms with E-state index in [0.29, 0.717) is 0 Å². The third-order valence-electron chi connectivity index (χ3n) is 1.95. The zero-order valence-corrected chi connectivity index (χ0v) is 6.92. The molecule has 1 aliphatic rings. The summed E-state index contributed by atoms with van der Waals surface area (Å²) in [5.41, 5.74) is 0.00646. The van der Waals surface area contributed by atoms with Crippen molar-refractivity contribution < 1.29 is 4.74 Å². The van der Waals surface area contributed by atoms with Crippen molar-refractivity contribution in [2.24, 2.45) is 5.84 Å². The molecule has 1 aliphatic heterocycles. The van der Waals surface area contributed by atoms with Crippen molar-refractivity contribution in [1.29, 1.82) is 0 Å². The van der Waals surface area contributed by atoms with Crippen LogP contribution in [0.25, 0.3) is 0 Å². The highest BCUT2D eigenvalue weighted by Gasteiger charge is 2.30. The molecule has 1 saturated heterocycles. The van der Waals surface area contributed by atoms with Crippen molar-refractivity contribution in [3.05, 3.63) is 0 Å². The Morgan fingerprint density at radius 2 is 2.20 bits per heavy atom. The average Bonchev–Trinajstić information content (AvgIpc) is 1.81. The molecule has 1 fully saturated rings. The number of rotatable bonds is 0. The molecular formula is C7H16N2O. The fraction of sp³-hybridized carbons (Fsp3) is 1.00. The molecule has 0 spiro atoms. The first-order valence-corrected chi connectivity index (χ1v) is 3.66. The predicted molar refractivity (Wildman–Crippen MR) is 40.4 cm³/mol. The number of nitrogens with two attached hydrogens (primary N) is 1. The van der Waals surface area contributed by atoms with E-state index in [4.69, 9.17) is 10.6 Å². The van der Waals surface area contributed by atoms with Gasteiger partial charge in [0.05, 0.1) is 18.2 Å². The lowest BCUT2D eigenvalue weighted by Crippen LogP contribution is -2.58. The van der Waals surface area contributed by atoms with Gasteiger partial charge in [0.25, 0.3) is 0 Å². The van der Waals surface area contributed by atoms with Gasteiger partial charge in [-0.2, -0.15) is 0 Å². The molecule has 0 amide bonds. The van der Waals surface area contributed by atoms with Gasteiger partial charge in [-0.15, -0.1) is 0 Å². The molecule has 1 atom stereocenters. The topological polar surface area (TPSA) is 38.5 Å². The highest BCUT2D eigenvalue weighted by molar-refractivity contribution is 4.82. The van der Waals surface area contributed by atoms with E-state index in [-0.39, 0.29) is 11.6 Å². The number of morpholine rings is 1. The number of hydrazine groups is 1. The number of ether oxygens (including phenoxy) is 1. The Kier molecular flexibility index (Phi) is 1.99. The minimum absolute atomic E-state index is 0.00646. The van der Waals surface area contributed by atoms with E-state index in [2.05, 4.69) is 13.8 Å². The number of hydrogen-bond donors (Lipinski definition) is 1. The molecule has 1 unspecified atom stereocenters. The molecular weight excluding hydrogens is 128 g/mol. The summed E-state index contributed by atoms with van der Waals surface area (Å²) in [7, 11) is 0. The smallest absolute Gasteiger partial charge is 0.0689 e. The monoisotopic (exact) mass is 144 g/mol. The molecule has 3 heteroatoms. The van der Waals surface area contributed by atoms with Gasteiger partial charge in [-0.25, -0.2) is 5.01 Å². The van der Waals surface area contributed by atoms with Gasteiger partial charge in [-0.3, -0.25) is 5.84 Å². The summed E-state index contributed by atoms with van der Waals surface area (Å²) in [6.45, 7) is 7.75. The molecule has 1 heterocycles. The summed E-state index contributed by atoms with van der Waals surface area (Å²) in [5.74, 6) is 5.76. The largest absolute Gasteiger partial charge is 0.375 e. The van der Waals surface area contributed by atoms with E-state index in [9.17, 15) is 0 Å². The maximum Gasteiger partial charge on any atom is 0.0689 e. The van der Waals surface area contributed by atoms with E-state index in [1.165, 1.54) is 0 Å². The Hall–Kier alpha value is -0.120. The van der Waals surface area contributed by atoms with Gasteiger partial charge in [0.2, 0.25) is 0 Å². The molecule has 0 saturated carbocycles. The van der Waals surface area contributed by atoms with E-state index in [1.807, 2.05) is 11.9 Å². The van der Waals surface area contributed by atoms with Gasteiger partial charge < -0.3 is 4.74 Å². The minimum atomic E-state index is 0.00646. The lowest BCUT2D eigenvalue weighted by Gasteiger charge is -2.41. The molecule has 0 aromatic carbocycles. The molecule has 60 valence electrons. The molecule has 2 N–H and O–H groups in total. The van der Waals surface area contributed by atoms with E-state index >= 15 is 0 Å². The van der Waals surface area contributed by atoms with Crippen LogP contribution in [0.4, 0.5) is 0 Å². The van der Waals surface area contributed by atoms with Crippen LogP contribution in [-0.4, -0.2) is 29.8 Å². The summed E-state index contributed by atoms with van der Waals surface area (Å²) in [6, 6.07) is 0. The number of nitrogens with zero attached hydrogens (tertiary/aromatic N) is 1. The van der Waals surface area contributed by atoms with Gasteiger partial charge >= 0.3 is 0 Å². The van der Waals surface area contributed by atoms with Crippen molar-refractivity contribution in [2.75, 3.05) is 13.2 Å².